The van der Waals surface area contributed by atoms with Gasteiger partial charge in [0.25, 0.3) is 0 Å². The van der Waals surface area contributed by atoms with Crippen molar-refractivity contribution in [1.29, 1.82) is 0 Å². The first-order valence-electron chi connectivity index (χ1n) is 10.1. The van der Waals surface area contributed by atoms with Crippen molar-refractivity contribution in [1.82, 2.24) is 14.8 Å². The van der Waals surface area contributed by atoms with E-state index in [1.807, 2.05) is 31.9 Å². The molecule has 1 aliphatic rings. The summed E-state index contributed by atoms with van der Waals surface area (Å²) in [5, 5.41) is 10.4. The number of ether oxygens (including phenoxy) is 1. The first kappa shape index (κ1) is 24.3. The maximum atomic E-state index is 13.9. The van der Waals surface area contributed by atoms with Crippen molar-refractivity contribution < 1.29 is 18.3 Å². The van der Waals surface area contributed by atoms with E-state index in [9.17, 15) is 13.6 Å². The Morgan fingerprint density at radius 2 is 1.91 bits per heavy atom. The first-order chi connectivity index (χ1) is 15.3. The van der Waals surface area contributed by atoms with Crippen molar-refractivity contribution in [3.05, 3.63) is 59.0 Å². The molecule has 3 heterocycles. The molecule has 1 aliphatic heterocycles. The summed E-state index contributed by atoms with van der Waals surface area (Å²) in [5.41, 5.74) is 3.65. The van der Waals surface area contributed by atoms with Crippen molar-refractivity contribution in [2.45, 2.75) is 33.0 Å². The third-order valence-corrected chi connectivity index (χ3v) is 5.54. The fourth-order valence-electron chi connectivity index (χ4n) is 3.65. The SMILES string of the molecule is COc1c(F)cc(Cn2cc(CNc3cc4c(c(C)n3)NC(=O)[C@H](C)N4C)cn2)cc1F.S. The van der Waals surface area contributed by atoms with Crippen LogP contribution in [0.25, 0.3) is 0 Å². The fraction of sp³-hybridized carbons (Fsp3) is 0.318. The lowest BCUT2D eigenvalue weighted by molar-refractivity contribution is -0.117. The molecule has 0 saturated heterocycles. The zero-order chi connectivity index (χ0) is 23.0. The highest BCUT2D eigenvalue weighted by atomic mass is 32.1. The van der Waals surface area contributed by atoms with E-state index in [0.717, 1.165) is 16.9 Å². The van der Waals surface area contributed by atoms with Gasteiger partial charge in [0.05, 0.1) is 36.9 Å². The molecule has 1 amide bonds. The zero-order valence-electron chi connectivity index (χ0n) is 18.7. The van der Waals surface area contributed by atoms with Crippen molar-refractivity contribution in [2.24, 2.45) is 0 Å². The maximum absolute atomic E-state index is 13.9. The number of halogens is 2. The molecule has 4 rings (SSSR count). The second-order valence-electron chi connectivity index (χ2n) is 7.76. The van der Waals surface area contributed by atoms with Crippen LogP contribution in [-0.4, -0.2) is 40.9 Å². The molecular weight excluding hydrogens is 450 g/mol. The molecule has 1 atom stereocenters. The van der Waals surface area contributed by atoms with Crippen molar-refractivity contribution >= 4 is 36.6 Å². The number of nitrogens with one attached hydrogen (secondary N) is 2. The third kappa shape index (κ3) is 4.87. The van der Waals surface area contributed by atoms with Gasteiger partial charge in [-0.25, -0.2) is 13.8 Å². The number of likely N-dealkylation sites (N-methyl/N-ethyl adjacent to an activating group) is 1. The number of rotatable bonds is 6. The normalized spacial score (nSPS) is 14.9. The van der Waals surface area contributed by atoms with Crippen LogP contribution in [0.1, 0.15) is 23.7 Å². The van der Waals surface area contributed by atoms with Crippen LogP contribution in [0, 0.1) is 18.6 Å². The number of aromatic nitrogens is 3. The Labute approximate surface area is 197 Å². The lowest BCUT2D eigenvalue weighted by Crippen LogP contribution is -2.44. The van der Waals surface area contributed by atoms with E-state index < -0.39 is 17.4 Å². The summed E-state index contributed by atoms with van der Waals surface area (Å²) in [7, 11) is 3.10. The van der Waals surface area contributed by atoms with Gasteiger partial charge >= 0.3 is 0 Å². The minimum absolute atomic E-state index is 0. The van der Waals surface area contributed by atoms with E-state index in [2.05, 4.69) is 20.7 Å². The number of fused-ring (bicyclic) bond motifs is 1. The van der Waals surface area contributed by atoms with Crippen LogP contribution in [0.3, 0.4) is 0 Å². The van der Waals surface area contributed by atoms with Crippen molar-refractivity contribution in [2.75, 3.05) is 29.7 Å². The van der Waals surface area contributed by atoms with Gasteiger partial charge in [0, 0.05) is 31.4 Å². The second-order valence-corrected chi connectivity index (χ2v) is 7.76. The molecule has 3 aromatic rings. The molecule has 0 saturated carbocycles. The Balaban J connectivity index is 0.00000306. The zero-order valence-corrected chi connectivity index (χ0v) is 19.7. The molecular formula is C22H26F2N6O2S. The van der Waals surface area contributed by atoms with Gasteiger partial charge in [-0.05, 0) is 31.5 Å². The summed E-state index contributed by atoms with van der Waals surface area (Å²) >= 11 is 0. The monoisotopic (exact) mass is 476 g/mol. The van der Waals surface area contributed by atoms with Crippen LogP contribution in [0.2, 0.25) is 0 Å². The minimum atomic E-state index is -0.749. The van der Waals surface area contributed by atoms with E-state index in [1.54, 1.807) is 17.1 Å². The Bertz CT molecular complexity index is 1160. The van der Waals surface area contributed by atoms with Gasteiger partial charge in [-0.2, -0.15) is 18.6 Å². The van der Waals surface area contributed by atoms with Gasteiger partial charge in [0.15, 0.2) is 17.4 Å². The van der Waals surface area contributed by atoms with Crippen LogP contribution < -0.4 is 20.3 Å². The molecule has 176 valence electrons. The molecule has 0 spiro atoms. The highest BCUT2D eigenvalue weighted by molar-refractivity contribution is 7.59. The van der Waals surface area contributed by atoms with Gasteiger partial charge < -0.3 is 20.3 Å². The number of methoxy groups -OCH3 is 1. The second kappa shape index (κ2) is 9.65. The van der Waals surface area contributed by atoms with Crippen LogP contribution in [0.4, 0.5) is 26.0 Å². The van der Waals surface area contributed by atoms with Gasteiger partial charge in [-0.3, -0.25) is 9.48 Å². The Morgan fingerprint density at radius 1 is 1.21 bits per heavy atom. The highest BCUT2D eigenvalue weighted by Crippen LogP contribution is 2.35. The number of aryl methyl sites for hydroxylation is 1. The number of carbonyl (C=O) groups is 1. The predicted octanol–water partition coefficient (Wildman–Crippen LogP) is 3.42. The van der Waals surface area contributed by atoms with Gasteiger partial charge in [0.1, 0.15) is 11.9 Å². The van der Waals surface area contributed by atoms with Crippen LogP contribution in [-0.2, 0) is 17.9 Å². The number of hydrogen-bond donors (Lipinski definition) is 2. The predicted molar refractivity (Wildman–Crippen MR) is 127 cm³/mol. The molecule has 0 fully saturated rings. The summed E-state index contributed by atoms with van der Waals surface area (Å²) in [6, 6.07) is 4.09. The standard InChI is InChI=1S/C22H24F2N6O2.H2S/c1-12-20-18(29(3)13(2)22(31)28-20)7-19(27-12)25-8-15-9-26-30(11-15)10-14-5-16(23)21(32-4)17(24)6-14;/h5-7,9,11,13H,8,10H2,1-4H3,(H,25,27)(H,28,31);1H2/t13-;/m0./s1. The van der Waals surface area contributed by atoms with E-state index in [0.29, 0.717) is 23.6 Å². The Hall–Kier alpha value is -3.34. The van der Waals surface area contributed by atoms with Gasteiger partial charge in [-0.1, -0.05) is 0 Å². The van der Waals surface area contributed by atoms with E-state index >= 15 is 0 Å². The fourth-order valence-corrected chi connectivity index (χ4v) is 3.65. The molecule has 2 aromatic heterocycles. The Morgan fingerprint density at radius 3 is 2.58 bits per heavy atom. The van der Waals surface area contributed by atoms with Crippen LogP contribution >= 0.6 is 13.5 Å². The van der Waals surface area contributed by atoms with E-state index in [4.69, 9.17) is 4.74 Å². The Kier molecular flexibility index (Phi) is 7.11. The molecule has 2 N–H and O–H groups in total. The van der Waals surface area contributed by atoms with Gasteiger partial charge in [-0.15, -0.1) is 0 Å². The number of benzene rings is 1. The molecule has 33 heavy (non-hydrogen) atoms. The minimum Gasteiger partial charge on any atom is -0.491 e. The summed E-state index contributed by atoms with van der Waals surface area (Å²) in [6.45, 7) is 4.37. The van der Waals surface area contributed by atoms with Crippen molar-refractivity contribution in [3.63, 3.8) is 0 Å². The molecule has 0 bridgehead atoms. The lowest BCUT2D eigenvalue weighted by atomic mass is 10.1. The number of anilines is 3. The third-order valence-electron chi connectivity index (χ3n) is 5.54. The highest BCUT2D eigenvalue weighted by Gasteiger charge is 2.28. The topological polar surface area (TPSA) is 84.3 Å². The van der Waals surface area contributed by atoms with E-state index in [-0.39, 0.29) is 32.0 Å². The number of hydrogen-bond acceptors (Lipinski definition) is 6. The molecule has 1 aromatic carbocycles. The summed E-state index contributed by atoms with van der Waals surface area (Å²) in [6.07, 6.45) is 3.48. The lowest BCUT2D eigenvalue weighted by Gasteiger charge is -2.34. The maximum Gasteiger partial charge on any atom is 0.246 e. The largest absolute Gasteiger partial charge is 0.491 e. The average Bonchev–Trinajstić information content (AvgIpc) is 3.18. The first-order valence-corrected chi connectivity index (χ1v) is 10.1. The summed E-state index contributed by atoms with van der Waals surface area (Å²) in [4.78, 5) is 18.5. The number of amides is 1. The van der Waals surface area contributed by atoms with Crippen molar-refractivity contribution in [3.8, 4) is 5.75 Å². The molecule has 8 nitrogen and oxygen atoms in total. The average molecular weight is 477 g/mol. The number of pyridine rings is 1. The summed E-state index contributed by atoms with van der Waals surface area (Å²) < 4.78 is 34.1. The molecule has 0 aliphatic carbocycles. The van der Waals surface area contributed by atoms with Crippen LogP contribution in [0.15, 0.2) is 30.6 Å². The van der Waals surface area contributed by atoms with Crippen LogP contribution in [0.5, 0.6) is 5.75 Å². The van der Waals surface area contributed by atoms with E-state index in [1.165, 1.54) is 19.2 Å². The van der Waals surface area contributed by atoms with Gasteiger partial charge in [0.2, 0.25) is 5.91 Å². The quantitative estimate of drug-likeness (QED) is 0.567. The molecule has 0 unspecified atom stereocenters. The molecule has 0 radical (unpaired) electrons. The number of nitrogens with zero attached hydrogens (tertiary/aromatic N) is 4. The molecule has 11 heteroatoms. The number of carbonyl (C=O) groups excluding carboxylic acids is 1. The summed E-state index contributed by atoms with van der Waals surface area (Å²) in [5.74, 6) is -1.29. The smallest absolute Gasteiger partial charge is 0.246 e.